The van der Waals surface area contributed by atoms with Crippen LogP contribution in [0.3, 0.4) is 0 Å². The van der Waals surface area contributed by atoms with E-state index in [0.29, 0.717) is 0 Å². The van der Waals surface area contributed by atoms with Gasteiger partial charge in [-0.1, -0.05) is 35.3 Å². The summed E-state index contributed by atoms with van der Waals surface area (Å²) in [5.74, 6) is -0.697. The van der Waals surface area contributed by atoms with Gasteiger partial charge in [-0.2, -0.15) is 0 Å². The molecule has 0 radical (unpaired) electrons. The van der Waals surface area contributed by atoms with E-state index in [1.165, 1.54) is 30.5 Å². The zero-order valence-electron chi connectivity index (χ0n) is 10.4. The molecule has 2 rings (SSSR count). The van der Waals surface area contributed by atoms with E-state index >= 15 is 0 Å². The highest BCUT2D eigenvalue weighted by Gasteiger charge is 2.20. The molecule has 0 aliphatic heterocycles. The summed E-state index contributed by atoms with van der Waals surface area (Å²) in [7, 11) is -4.04. The molecule has 1 amide bonds. The van der Waals surface area contributed by atoms with Gasteiger partial charge < -0.3 is 0 Å². The normalized spacial score (nSPS) is 11.1. The number of sulfonamides is 1. The second kappa shape index (κ2) is 6.40. The fraction of sp³-hybridized carbons (Fsp3) is 0. The van der Waals surface area contributed by atoms with E-state index in [1.807, 2.05) is 10.3 Å². The van der Waals surface area contributed by atoms with E-state index in [1.54, 1.807) is 12.1 Å². The predicted octanol–water partition coefficient (Wildman–Crippen LogP) is 2.01. The van der Waals surface area contributed by atoms with Crippen molar-refractivity contribution in [1.29, 1.82) is 0 Å². The van der Waals surface area contributed by atoms with Crippen molar-refractivity contribution in [2.24, 2.45) is 0 Å². The van der Waals surface area contributed by atoms with E-state index in [4.69, 9.17) is 23.2 Å². The Hall–Kier alpha value is -1.67. The van der Waals surface area contributed by atoms with Crippen LogP contribution in [0.15, 0.2) is 47.5 Å². The van der Waals surface area contributed by atoms with Crippen LogP contribution >= 0.6 is 23.2 Å². The molecule has 6 nitrogen and oxygen atoms in total. The van der Waals surface area contributed by atoms with Crippen molar-refractivity contribution in [3.63, 3.8) is 0 Å². The van der Waals surface area contributed by atoms with Crippen LogP contribution in [0.5, 0.6) is 0 Å². The summed E-state index contributed by atoms with van der Waals surface area (Å²) in [6, 6.07) is 8.83. The van der Waals surface area contributed by atoms with Gasteiger partial charge >= 0.3 is 0 Å². The standard InChI is InChI=1S/C12H9Cl2N3O3S/c13-8-4-3-6-10(11(8)14)21(19,20)17-16-12(18)9-5-1-2-7-15-9/h1-7,17H,(H,16,18). The molecule has 1 heterocycles. The van der Waals surface area contributed by atoms with Gasteiger partial charge in [0.25, 0.3) is 15.9 Å². The molecule has 1 aromatic heterocycles. The maximum absolute atomic E-state index is 12.1. The number of hydrazine groups is 1. The van der Waals surface area contributed by atoms with Crippen LogP contribution in [0.4, 0.5) is 0 Å². The molecule has 0 spiro atoms. The fourth-order valence-corrected chi connectivity index (χ4v) is 3.02. The third kappa shape index (κ3) is 3.70. The van der Waals surface area contributed by atoms with Crippen LogP contribution in [0.1, 0.15) is 10.5 Å². The largest absolute Gasteiger partial charge is 0.284 e. The molecule has 0 saturated carbocycles. The topological polar surface area (TPSA) is 88.2 Å². The molecule has 0 aliphatic carbocycles. The number of carbonyl (C=O) groups is 1. The Morgan fingerprint density at radius 2 is 1.86 bits per heavy atom. The first-order valence-corrected chi connectivity index (χ1v) is 7.83. The lowest BCUT2D eigenvalue weighted by Crippen LogP contribution is -2.41. The minimum Gasteiger partial charge on any atom is -0.272 e. The van der Waals surface area contributed by atoms with Gasteiger partial charge in [0, 0.05) is 6.20 Å². The molecule has 0 aliphatic rings. The molecule has 110 valence electrons. The van der Waals surface area contributed by atoms with Gasteiger partial charge in [0.05, 0.1) is 10.0 Å². The molecule has 0 saturated heterocycles. The van der Waals surface area contributed by atoms with E-state index in [-0.39, 0.29) is 20.6 Å². The molecular formula is C12H9Cl2N3O3S. The predicted molar refractivity (Wildman–Crippen MR) is 78.5 cm³/mol. The van der Waals surface area contributed by atoms with E-state index in [9.17, 15) is 13.2 Å². The lowest BCUT2D eigenvalue weighted by molar-refractivity contribution is 0.0940. The number of benzene rings is 1. The minimum atomic E-state index is -4.04. The fourth-order valence-electron chi connectivity index (χ4n) is 1.42. The quantitative estimate of drug-likeness (QED) is 0.829. The number of amides is 1. The highest BCUT2D eigenvalue weighted by Crippen LogP contribution is 2.28. The Morgan fingerprint density at radius 1 is 1.10 bits per heavy atom. The van der Waals surface area contributed by atoms with Crippen molar-refractivity contribution in [1.82, 2.24) is 15.2 Å². The first kappa shape index (κ1) is 15.7. The zero-order chi connectivity index (χ0) is 15.5. The van der Waals surface area contributed by atoms with E-state index in [2.05, 4.69) is 4.98 Å². The summed E-state index contributed by atoms with van der Waals surface area (Å²) in [5.41, 5.74) is 2.11. The van der Waals surface area contributed by atoms with Crippen LogP contribution in [-0.2, 0) is 10.0 Å². The monoisotopic (exact) mass is 345 g/mol. The molecule has 0 unspecified atom stereocenters. The van der Waals surface area contributed by atoms with Crippen molar-refractivity contribution in [2.75, 3.05) is 0 Å². The molecule has 1 aromatic carbocycles. The number of carbonyl (C=O) groups excluding carboxylic acids is 1. The van der Waals surface area contributed by atoms with Crippen molar-refractivity contribution >= 4 is 39.1 Å². The van der Waals surface area contributed by atoms with Crippen LogP contribution in [0.2, 0.25) is 10.0 Å². The van der Waals surface area contributed by atoms with Crippen molar-refractivity contribution < 1.29 is 13.2 Å². The molecule has 9 heteroatoms. The first-order chi connectivity index (χ1) is 9.92. The summed E-state index contributed by atoms with van der Waals surface area (Å²) in [6.07, 6.45) is 1.41. The Labute approximate surface area is 131 Å². The van der Waals surface area contributed by atoms with Gasteiger partial charge in [-0.15, -0.1) is 4.83 Å². The molecule has 21 heavy (non-hydrogen) atoms. The molecule has 0 fully saturated rings. The number of pyridine rings is 1. The smallest absolute Gasteiger partial charge is 0.272 e. The van der Waals surface area contributed by atoms with Crippen LogP contribution in [-0.4, -0.2) is 19.3 Å². The summed E-state index contributed by atoms with van der Waals surface area (Å²) in [6.45, 7) is 0. The van der Waals surface area contributed by atoms with E-state index < -0.39 is 15.9 Å². The van der Waals surface area contributed by atoms with Crippen molar-refractivity contribution in [3.8, 4) is 0 Å². The van der Waals surface area contributed by atoms with E-state index in [0.717, 1.165) is 0 Å². The van der Waals surface area contributed by atoms with Crippen LogP contribution in [0, 0.1) is 0 Å². The third-order valence-corrected chi connectivity index (χ3v) is 4.62. The third-order valence-electron chi connectivity index (χ3n) is 2.40. The van der Waals surface area contributed by atoms with Crippen LogP contribution in [0.25, 0.3) is 0 Å². The Bertz CT molecular complexity index is 767. The second-order valence-corrected chi connectivity index (χ2v) is 6.26. The molecule has 0 bridgehead atoms. The zero-order valence-corrected chi connectivity index (χ0v) is 12.7. The number of halogens is 2. The number of hydrogen-bond acceptors (Lipinski definition) is 4. The van der Waals surface area contributed by atoms with Gasteiger partial charge in [0.15, 0.2) is 0 Å². The van der Waals surface area contributed by atoms with Gasteiger partial charge in [0.1, 0.15) is 10.6 Å². The number of aromatic nitrogens is 1. The summed E-state index contributed by atoms with van der Waals surface area (Å²) in [5, 5.41) is -0.0330. The van der Waals surface area contributed by atoms with Crippen LogP contribution < -0.4 is 10.3 Å². The summed E-state index contributed by atoms with van der Waals surface area (Å²) < 4.78 is 24.1. The molecule has 0 atom stereocenters. The number of nitrogens with zero attached hydrogens (tertiary/aromatic N) is 1. The summed E-state index contributed by atoms with van der Waals surface area (Å²) >= 11 is 11.6. The van der Waals surface area contributed by atoms with Gasteiger partial charge in [-0.3, -0.25) is 15.2 Å². The van der Waals surface area contributed by atoms with Crippen molar-refractivity contribution in [2.45, 2.75) is 4.90 Å². The number of hydrogen-bond donors (Lipinski definition) is 2. The van der Waals surface area contributed by atoms with Crippen molar-refractivity contribution in [3.05, 3.63) is 58.3 Å². The number of rotatable bonds is 4. The molecular weight excluding hydrogens is 337 g/mol. The highest BCUT2D eigenvalue weighted by molar-refractivity contribution is 7.89. The maximum Gasteiger partial charge on any atom is 0.284 e. The Balaban J connectivity index is 2.16. The lowest BCUT2D eigenvalue weighted by atomic mass is 10.3. The number of nitrogens with one attached hydrogen (secondary N) is 2. The molecule has 2 N–H and O–H groups in total. The maximum atomic E-state index is 12.1. The first-order valence-electron chi connectivity index (χ1n) is 5.59. The molecule has 2 aromatic rings. The lowest BCUT2D eigenvalue weighted by Gasteiger charge is -2.09. The van der Waals surface area contributed by atoms with Gasteiger partial charge in [-0.05, 0) is 24.3 Å². The average molecular weight is 346 g/mol. The summed E-state index contributed by atoms with van der Waals surface area (Å²) in [4.78, 5) is 17.2. The Morgan fingerprint density at radius 3 is 2.52 bits per heavy atom. The van der Waals surface area contributed by atoms with Gasteiger partial charge in [-0.25, -0.2) is 8.42 Å². The SMILES string of the molecule is O=C(NNS(=O)(=O)c1cccc(Cl)c1Cl)c1ccccn1. The highest BCUT2D eigenvalue weighted by atomic mass is 35.5. The average Bonchev–Trinajstić information content (AvgIpc) is 2.48. The minimum absolute atomic E-state index is 0.0670. The van der Waals surface area contributed by atoms with Gasteiger partial charge in [0.2, 0.25) is 0 Å². The Kier molecular flexibility index (Phi) is 4.79. The second-order valence-electron chi connectivity index (χ2n) is 3.83.